The molecule has 0 atom stereocenters. The van der Waals surface area contributed by atoms with Crippen LogP contribution in [0.2, 0.25) is 0 Å². The summed E-state index contributed by atoms with van der Waals surface area (Å²) in [6.45, 7) is 2.89. The van der Waals surface area contributed by atoms with Gasteiger partial charge in [0.25, 0.3) is 5.91 Å². The minimum Gasteiger partial charge on any atom is -0.488 e. The van der Waals surface area contributed by atoms with Gasteiger partial charge in [0.2, 0.25) is 0 Å². The van der Waals surface area contributed by atoms with Gasteiger partial charge in [0.1, 0.15) is 18.2 Å². The summed E-state index contributed by atoms with van der Waals surface area (Å²) in [7, 11) is -3.76. The molecule has 200 valence electrons. The lowest BCUT2D eigenvalue weighted by atomic mass is 10.1. The number of aryl methyl sites for hydroxylation is 1. The summed E-state index contributed by atoms with van der Waals surface area (Å²) in [5.74, 6) is 0.421. The normalized spacial score (nSPS) is 16.1. The number of pyridine rings is 3. The molecule has 6 rings (SSSR count). The molecule has 0 bridgehead atoms. The summed E-state index contributed by atoms with van der Waals surface area (Å²) >= 11 is 0. The van der Waals surface area contributed by atoms with Crippen molar-refractivity contribution in [2.45, 2.75) is 25.0 Å². The molecular formula is C27H24FN5O5S. The monoisotopic (exact) mass is 549 g/mol. The van der Waals surface area contributed by atoms with E-state index in [4.69, 9.17) is 14.5 Å². The molecule has 2 aliphatic heterocycles. The number of nitrogens with zero attached hydrogens (tertiary/aromatic N) is 4. The fourth-order valence-corrected chi connectivity index (χ4v) is 6.00. The first kappa shape index (κ1) is 25.1. The van der Waals surface area contributed by atoms with Gasteiger partial charge in [-0.3, -0.25) is 9.78 Å². The third-order valence-corrected chi connectivity index (χ3v) is 8.35. The van der Waals surface area contributed by atoms with Crippen molar-refractivity contribution < 1.29 is 27.1 Å². The predicted molar refractivity (Wildman–Crippen MR) is 140 cm³/mol. The third-order valence-electron chi connectivity index (χ3n) is 6.61. The van der Waals surface area contributed by atoms with E-state index < -0.39 is 21.6 Å². The van der Waals surface area contributed by atoms with E-state index in [0.717, 1.165) is 17.0 Å². The Hall–Kier alpha value is -4.16. The van der Waals surface area contributed by atoms with Crippen molar-refractivity contribution in [3.05, 3.63) is 77.0 Å². The number of aromatic nitrogens is 3. The number of amides is 1. The van der Waals surface area contributed by atoms with Gasteiger partial charge in [-0.15, -0.1) is 0 Å². The number of anilines is 2. The van der Waals surface area contributed by atoms with Gasteiger partial charge < -0.3 is 19.7 Å². The molecule has 0 unspecified atom stereocenters. The summed E-state index contributed by atoms with van der Waals surface area (Å²) in [5, 5.41) is 3.51. The molecule has 5 heterocycles. The lowest BCUT2D eigenvalue weighted by Crippen LogP contribution is -2.30. The quantitative estimate of drug-likeness (QED) is 0.409. The molecule has 0 fully saturated rings. The largest absolute Gasteiger partial charge is 0.488 e. The average Bonchev–Trinajstić information content (AvgIpc) is 3.08. The summed E-state index contributed by atoms with van der Waals surface area (Å²) in [4.78, 5) is 28.4. The van der Waals surface area contributed by atoms with Crippen molar-refractivity contribution in [3.63, 3.8) is 0 Å². The molecule has 10 nitrogen and oxygen atoms in total. The third kappa shape index (κ3) is 4.88. The van der Waals surface area contributed by atoms with Crippen molar-refractivity contribution in [1.82, 2.24) is 20.3 Å². The number of rotatable bonds is 4. The second-order valence-corrected chi connectivity index (χ2v) is 11.4. The van der Waals surface area contributed by atoms with Gasteiger partial charge in [0.15, 0.2) is 21.4 Å². The van der Waals surface area contributed by atoms with Gasteiger partial charge in [-0.2, -0.15) is 0 Å². The van der Waals surface area contributed by atoms with Crippen molar-refractivity contribution in [2.24, 2.45) is 0 Å². The Morgan fingerprint density at radius 2 is 2.00 bits per heavy atom. The molecule has 1 amide bonds. The second kappa shape index (κ2) is 9.86. The number of halogens is 1. The van der Waals surface area contributed by atoms with Crippen LogP contribution in [0.1, 0.15) is 27.2 Å². The molecule has 12 heteroatoms. The Balaban J connectivity index is 1.23. The molecule has 0 radical (unpaired) electrons. The number of fused-ring (bicyclic) bond motifs is 3. The predicted octanol–water partition coefficient (Wildman–Crippen LogP) is 3.24. The zero-order valence-electron chi connectivity index (χ0n) is 21.0. The molecular weight excluding hydrogens is 525 g/mol. The van der Waals surface area contributed by atoms with Crippen LogP contribution in [0, 0.1) is 12.7 Å². The van der Waals surface area contributed by atoms with Crippen LogP contribution in [0.3, 0.4) is 0 Å². The molecule has 0 saturated carbocycles. The van der Waals surface area contributed by atoms with E-state index in [1.807, 2.05) is 30.0 Å². The number of ether oxygens (including phenoxy) is 2. The van der Waals surface area contributed by atoms with Crippen LogP contribution in [-0.4, -0.2) is 54.8 Å². The van der Waals surface area contributed by atoms with E-state index in [0.29, 0.717) is 41.7 Å². The van der Waals surface area contributed by atoms with E-state index >= 15 is 0 Å². The van der Waals surface area contributed by atoms with Crippen molar-refractivity contribution in [3.8, 4) is 5.75 Å². The number of hydrogen-bond acceptors (Lipinski definition) is 9. The van der Waals surface area contributed by atoms with E-state index in [9.17, 15) is 17.6 Å². The Labute approximate surface area is 223 Å². The summed E-state index contributed by atoms with van der Waals surface area (Å²) in [6.07, 6.45) is 3.45. The van der Waals surface area contributed by atoms with Gasteiger partial charge in [-0.25, -0.2) is 22.8 Å². The lowest BCUT2D eigenvalue weighted by molar-refractivity contribution is 0.0949. The van der Waals surface area contributed by atoms with Gasteiger partial charge in [-0.1, -0.05) is 0 Å². The molecule has 39 heavy (non-hydrogen) atoms. The minimum atomic E-state index is -3.76. The number of benzene rings is 1. The molecule has 0 saturated heterocycles. The maximum atomic E-state index is 14.7. The van der Waals surface area contributed by atoms with Crippen LogP contribution in [0.25, 0.3) is 10.9 Å². The lowest BCUT2D eigenvalue weighted by Gasteiger charge is -2.29. The molecule has 2 aliphatic rings. The van der Waals surface area contributed by atoms with E-state index in [-0.39, 0.29) is 41.5 Å². The number of nitrogens with one attached hydrogen (secondary N) is 1. The first-order chi connectivity index (χ1) is 18.8. The molecule has 1 N–H and O–H groups in total. The Kier molecular flexibility index (Phi) is 6.35. The highest BCUT2D eigenvalue weighted by molar-refractivity contribution is 7.91. The maximum Gasteiger partial charge on any atom is 0.251 e. The van der Waals surface area contributed by atoms with Crippen molar-refractivity contribution in [1.29, 1.82) is 0 Å². The zero-order valence-corrected chi connectivity index (χ0v) is 21.8. The van der Waals surface area contributed by atoms with Crippen LogP contribution < -0.4 is 15.0 Å². The van der Waals surface area contributed by atoms with Gasteiger partial charge in [0.05, 0.1) is 48.2 Å². The Bertz CT molecular complexity index is 1730. The van der Waals surface area contributed by atoms with Crippen LogP contribution >= 0.6 is 0 Å². The van der Waals surface area contributed by atoms with Gasteiger partial charge in [0, 0.05) is 28.9 Å². The SMILES string of the molecule is Cc1cnc2c(c1)OCCN2c1ccc2cnc(CNC(=O)c3cc(F)c4c(c3)S(=O)(=O)CCOC4)cc2n1. The number of carbonyl (C=O) groups is 1. The molecule has 4 aromatic rings. The zero-order chi connectivity index (χ0) is 27.1. The first-order valence-corrected chi connectivity index (χ1v) is 14.0. The standard InChI is InChI=1S/C27H24FN5O5S/c1-16-8-23-26(30-12-16)33(4-5-38-23)25-3-2-17-13-29-19(11-22(17)32-25)14-31-27(34)18-9-21(28)20-15-37-6-7-39(35,36)24(20)10-18/h2-3,8-13H,4-7,14-15H2,1H3,(H,31,34). The highest BCUT2D eigenvalue weighted by Gasteiger charge is 2.27. The summed E-state index contributed by atoms with van der Waals surface area (Å²) in [5.41, 5.74) is 2.06. The molecule has 1 aromatic carbocycles. The Morgan fingerprint density at radius 3 is 2.87 bits per heavy atom. The fraction of sp³-hybridized carbons (Fsp3) is 0.259. The molecule has 0 aliphatic carbocycles. The van der Waals surface area contributed by atoms with E-state index in [2.05, 4.69) is 15.3 Å². The summed E-state index contributed by atoms with van der Waals surface area (Å²) < 4.78 is 50.7. The van der Waals surface area contributed by atoms with Gasteiger partial charge >= 0.3 is 0 Å². The highest BCUT2D eigenvalue weighted by atomic mass is 32.2. The first-order valence-electron chi connectivity index (χ1n) is 12.3. The molecule has 0 spiro atoms. The van der Waals surface area contributed by atoms with Crippen molar-refractivity contribution >= 4 is 38.3 Å². The van der Waals surface area contributed by atoms with Gasteiger partial charge in [-0.05, 0) is 48.9 Å². The Morgan fingerprint density at radius 1 is 1.13 bits per heavy atom. The van der Waals surface area contributed by atoms with Crippen LogP contribution in [-0.2, 0) is 27.7 Å². The average molecular weight is 550 g/mol. The van der Waals surface area contributed by atoms with E-state index in [1.165, 1.54) is 6.07 Å². The maximum absolute atomic E-state index is 14.7. The minimum absolute atomic E-state index is 0.0321. The molecule has 3 aromatic heterocycles. The van der Waals surface area contributed by atoms with Crippen LogP contribution in [0.15, 0.2) is 53.7 Å². The van der Waals surface area contributed by atoms with Crippen LogP contribution in [0.4, 0.5) is 16.0 Å². The summed E-state index contributed by atoms with van der Waals surface area (Å²) in [6, 6.07) is 9.75. The van der Waals surface area contributed by atoms with Crippen molar-refractivity contribution in [2.75, 3.05) is 30.4 Å². The fourth-order valence-electron chi connectivity index (χ4n) is 4.60. The topological polar surface area (TPSA) is 124 Å². The van der Waals surface area contributed by atoms with E-state index in [1.54, 1.807) is 18.5 Å². The number of hydrogen-bond donors (Lipinski definition) is 1. The van der Waals surface area contributed by atoms with Crippen LogP contribution in [0.5, 0.6) is 5.75 Å². The number of carbonyl (C=O) groups excluding carboxylic acids is 1. The number of sulfone groups is 1. The smallest absolute Gasteiger partial charge is 0.251 e. The highest BCUT2D eigenvalue weighted by Crippen LogP contribution is 2.35. The second-order valence-electron chi connectivity index (χ2n) is 9.36.